The Morgan fingerprint density at radius 3 is 2.13 bits per heavy atom. The van der Waals surface area contributed by atoms with E-state index in [0.29, 0.717) is 24.2 Å². The first-order chi connectivity index (χ1) is 31.4. The minimum Gasteiger partial charge on any atom is -0.459 e. The van der Waals surface area contributed by atoms with Crippen LogP contribution in [0.4, 0.5) is 4.79 Å². The molecule has 0 aromatic heterocycles. The molecule has 67 heavy (non-hydrogen) atoms. The lowest BCUT2D eigenvalue weighted by Gasteiger charge is -2.67. The molecule has 1 heterocycles. The van der Waals surface area contributed by atoms with Crippen molar-refractivity contribution in [2.75, 3.05) is 12.4 Å². The van der Waals surface area contributed by atoms with Crippen molar-refractivity contribution in [3.63, 3.8) is 0 Å². The fourth-order valence-electron chi connectivity index (χ4n) is 10.9. The molecule has 2 bridgehead atoms. The highest BCUT2D eigenvalue weighted by atomic mass is 32.1. The molecule has 6 rings (SSSR count). The Labute approximate surface area is 396 Å². The van der Waals surface area contributed by atoms with Gasteiger partial charge in [-0.05, 0) is 64.0 Å². The van der Waals surface area contributed by atoms with Gasteiger partial charge in [0.2, 0.25) is 17.7 Å². The SMILES string of the molecule is CC(=O)O[C@@]12CO[C@@H]1C[C@H](O)[C@@]1(C)C(=O)C(=O)C3C(C)[C@@H](OC(=O)[C@H](OC(=O)CCCCCCS)[C@@H](NC(=O)OC(C)(C)C)c4ccccc4)C[C@@](O)([C@@H](OC(=O)c4ccccc4)[C@H]21)C3(C)C. The first-order valence-electron chi connectivity index (χ1n) is 23.0. The van der Waals surface area contributed by atoms with Crippen LogP contribution in [0.2, 0.25) is 0 Å². The molecule has 16 nitrogen and oxygen atoms in total. The molecule has 4 aliphatic rings. The number of fused-ring (bicyclic) bond motifs is 5. The van der Waals surface area contributed by atoms with Crippen LogP contribution < -0.4 is 5.32 Å². The van der Waals surface area contributed by atoms with Crippen molar-refractivity contribution in [2.24, 2.45) is 28.6 Å². The number of esters is 4. The number of aliphatic hydroxyl groups is 2. The number of unbranched alkanes of at least 4 members (excludes halogenated alkanes) is 3. The number of benzene rings is 2. The average molecular weight is 952 g/mol. The van der Waals surface area contributed by atoms with Gasteiger partial charge in [0.15, 0.2) is 5.60 Å². The van der Waals surface area contributed by atoms with Crippen LogP contribution in [0.25, 0.3) is 0 Å². The van der Waals surface area contributed by atoms with E-state index in [0.717, 1.165) is 19.8 Å². The van der Waals surface area contributed by atoms with Crippen molar-refractivity contribution in [1.82, 2.24) is 5.32 Å². The lowest BCUT2D eigenvalue weighted by molar-refractivity contribution is -0.350. The van der Waals surface area contributed by atoms with Crippen LogP contribution in [0.15, 0.2) is 60.7 Å². The molecule has 2 aromatic rings. The summed E-state index contributed by atoms with van der Waals surface area (Å²) in [5.41, 5.74) is -8.51. The monoisotopic (exact) mass is 951 g/mol. The summed E-state index contributed by atoms with van der Waals surface area (Å²) in [4.78, 5) is 99.6. The van der Waals surface area contributed by atoms with Crippen LogP contribution in [0.3, 0.4) is 0 Å². The number of rotatable bonds is 15. The van der Waals surface area contributed by atoms with Crippen LogP contribution >= 0.6 is 12.6 Å². The second kappa shape index (κ2) is 20.0. The van der Waals surface area contributed by atoms with E-state index in [1.807, 2.05) is 0 Å². The fraction of sp³-hybridized carbons (Fsp3) is 0.620. The Bertz CT molecular complexity index is 2180. The van der Waals surface area contributed by atoms with Crippen molar-refractivity contribution in [3.05, 3.63) is 71.8 Å². The summed E-state index contributed by atoms with van der Waals surface area (Å²) in [5.74, 6) is -9.11. The quantitative estimate of drug-likeness (QED) is 0.0541. The number of nitrogens with one attached hydrogen (secondary N) is 1. The van der Waals surface area contributed by atoms with Gasteiger partial charge in [-0.2, -0.15) is 12.6 Å². The lowest BCUT2D eigenvalue weighted by atomic mass is 9.42. The Morgan fingerprint density at radius 2 is 1.55 bits per heavy atom. The molecule has 17 heteroatoms. The zero-order valence-electron chi connectivity index (χ0n) is 39.5. The van der Waals surface area contributed by atoms with Gasteiger partial charge in [-0.25, -0.2) is 14.4 Å². The van der Waals surface area contributed by atoms with Gasteiger partial charge in [0.1, 0.15) is 35.6 Å². The molecule has 2 unspecified atom stereocenters. The fourth-order valence-corrected chi connectivity index (χ4v) is 11.1. The van der Waals surface area contributed by atoms with Gasteiger partial charge in [-0.15, -0.1) is 0 Å². The number of Topliss-reactive ketones (excluding diaryl/α,β-unsaturated/α-hetero) is 2. The van der Waals surface area contributed by atoms with E-state index in [2.05, 4.69) is 17.9 Å². The third-order valence-corrected chi connectivity index (χ3v) is 14.7. The molecule has 3 aliphatic carbocycles. The summed E-state index contributed by atoms with van der Waals surface area (Å²) in [6.07, 6.45) is -6.79. The third-order valence-electron chi connectivity index (χ3n) is 14.4. The molecule has 0 spiro atoms. The van der Waals surface area contributed by atoms with Gasteiger partial charge in [-0.1, -0.05) is 82.1 Å². The number of aliphatic hydroxyl groups excluding tert-OH is 1. The summed E-state index contributed by atoms with van der Waals surface area (Å²) in [6, 6.07) is 14.7. The predicted octanol–water partition coefficient (Wildman–Crippen LogP) is 5.83. The van der Waals surface area contributed by atoms with Gasteiger partial charge in [-0.3, -0.25) is 19.2 Å². The summed E-state index contributed by atoms with van der Waals surface area (Å²) in [7, 11) is 0. The second-order valence-corrected chi connectivity index (χ2v) is 20.7. The Hall–Kier alpha value is -4.84. The molecule has 12 atom stereocenters. The van der Waals surface area contributed by atoms with Gasteiger partial charge in [0.05, 0.1) is 29.6 Å². The molecule has 1 saturated heterocycles. The third kappa shape index (κ3) is 10.0. The first-order valence-corrected chi connectivity index (χ1v) is 23.7. The van der Waals surface area contributed by atoms with Gasteiger partial charge >= 0.3 is 30.0 Å². The average Bonchev–Trinajstić information content (AvgIpc) is 3.25. The molecule has 1 amide bonds. The van der Waals surface area contributed by atoms with Crippen molar-refractivity contribution in [2.45, 2.75) is 154 Å². The topological polar surface area (TPSA) is 227 Å². The van der Waals surface area contributed by atoms with Crippen molar-refractivity contribution in [3.8, 4) is 0 Å². The van der Waals surface area contributed by atoms with E-state index in [1.54, 1.807) is 90.1 Å². The zero-order chi connectivity index (χ0) is 49.3. The molecular weight excluding hydrogens is 887 g/mol. The van der Waals surface area contributed by atoms with Crippen molar-refractivity contribution in [1.29, 1.82) is 0 Å². The first kappa shape index (κ1) is 51.5. The normalized spacial score (nSPS) is 31.7. The highest BCUT2D eigenvalue weighted by molar-refractivity contribution is 7.80. The lowest BCUT2D eigenvalue weighted by Crippen LogP contribution is -2.82. The minimum atomic E-state index is -2.40. The Balaban J connectivity index is 1.48. The van der Waals surface area contributed by atoms with Crippen LogP contribution in [0, 0.1) is 28.6 Å². The Kier molecular flexibility index (Phi) is 15.4. The van der Waals surface area contributed by atoms with Gasteiger partial charge in [0, 0.05) is 43.4 Å². The van der Waals surface area contributed by atoms with Crippen molar-refractivity contribution >= 4 is 54.2 Å². The number of alkyl carbamates (subject to hydrolysis) is 1. The van der Waals surface area contributed by atoms with Crippen molar-refractivity contribution < 1.29 is 72.2 Å². The van der Waals surface area contributed by atoms with Crippen LogP contribution in [-0.4, -0.2) is 111 Å². The Morgan fingerprint density at radius 1 is 0.925 bits per heavy atom. The molecule has 2 aromatic carbocycles. The molecule has 4 fully saturated rings. The van der Waals surface area contributed by atoms with E-state index in [4.69, 9.17) is 28.4 Å². The second-order valence-electron chi connectivity index (χ2n) is 20.2. The molecule has 0 radical (unpaired) electrons. The highest BCUT2D eigenvalue weighted by Crippen LogP contribution is 2.64. The number of ketones is 2. The van der Waals surface area contributed by atoms with Crippen LogP contribution in [-0.2, 0) is 52.4 Å². The van der Waals surface area contributed by atoms with Crippen LogP contribution in [0.1, 0.15) is 122 Å². The molecular formula is C50H65NO15S. The number of ether oxygens (including phenoxy) is 6. The molecule has 3 N–H and O–H groups in total. The molecule has 1 aliphatic heterocycles. The summed E-state index contributed by atoms with van der Waals surface area (Å²) in [5, 5.41) is 28.3. The number of thiol groups is 1. The summed E-state index contributed by atoms with van der Waals surface area (Å²) in [6.45, 7) is 11.8. The maximum atomic E-state index is 15.1. The smallest absolute Gasteiger partial charge is 0.408 e. The standard InChI is InChI=1S/C50H65NO15S/c1-28-32(62-44(58)39(63-35(54)23-17-9-10-18-24-67)37(30-19-13-11-14-20-30)51-45(59)66-46(3,4)5)26-50(60)42(64-43(57)31-21-15-12-16-22-31)40-48(8,41(56)38(55)36(28)47(50,6)7)33(53)25-34-49(40,27-61-34)65-29(2)52/h11-16,19-22,28,32-34,36-37,39-40,42,53,60,67H,9-10,17-18,23-27H2,1-8H3,(H,51,59)/t28?,32-,33-,34+,36?,37-,39+,40-,42-,48+,49-,50+/m0/s1. The minimum absolute atomic E-state index is 0.0638. The maximum Gasteiger partial charge on any atom is 0.408 e. The molecule has 3 saturated carbocycles. The largest absolute Gasteiger partial charge is 0.459 e. The molecule has 366 valence electrons. The number of carbonyl (C=O) groups excluding carboxylic acids is 7. The van der Waals surface area contributed by atoms with E-state index in [9.17, 15) is 34.2 Å². The van der Waals surface area contributed by atoms with E-state index >= 15 is 9.59 Å². The van der Waals surface area contributed by atoms with E-state index in [-0.39, 0.29) is 25.0 Å². The number of amides is 1. The van der Waals surface area contributed by atoms with E-state index < -0.39 is 130 Å². The van der Waals surface area contributed by atoms with Gasteiger partial charge < -0.3 is 44.0 Å². The number of carbonyl (C=O) groups is 7. The highest BCUT2D eigenvalue weighted by Gasteiger charge is 2.79. The summed E-state index contributed by atoms with van der Waals surface area (Å²) >= 11 is 4.25. The number of hydrogen-bond donors (Lipinski definition) is 4. The van der Waals surface area contributed by atoms with E-state index in [1.165, 1.54) is 19.1 Å². The maximum absolute atomic E-state index is 15.1. The van der Waals surface area contributed by atoms with Gasteiger partial charge in [0.25, 0.3) is 0 Å². The predicted molar refractivity (Wildman–Crippen MR) is 243 cm³/mol. The zero-order valence-corrected chi connectivity index (χ0v) is 40.4. The number of hydrogen-bond acceptors (Lipinski definition) is 16. The van der Waals surface area contributed by atoms with Crippen LogP contribution in [0.5, 0.6) is 0 Å². The summed E-state index contributed by atoms with van der Waals surface area (Å²) < 4.78 is 36.1.